The Hall–Kier alpha value is -1.40. The lowest BCUT2D eigenvalue weighted by atomic mass is 9.95. The Morgan fingerprint density at radius 3 is 2.94 bits per heavy atom. The van der Waals surface area contributed by atoms with Gasteiger partial charge < -0.3 is 5.32 Å². The number of nitriles is 1. The zero-order valence-corrected chi connectivity index (χ0v) is 11.0. The summed E-state index contributed by atoms with van der Waals surface area (Å²) < 4.78 is 0. The molecule has 3 atom stereocenters. The Balaban J connectivity index is 2.00. The summed E-state index contributed by atoms with van der Waals surface area (Å²) in [5, 5.41) is 12.9. The number of hydrogen-bond acceptors (Lipinski definition) is 3. The third-order valence-electron chi connectivity index (χ3n) is 3.83. The van der Waals surface area contributed by atoms with Gasteiger partial charge in [-0.15, -0.1) is 0 Å². The van der Waals surface area contributed by atoms with Gasteiger partial charge in [-0.25, -0.2) is 0 Å². The van der Waals surface area contributed by atoms with E-state index in [2.05, 4.69) is 29.4 Å². The molecule has 1 aromatic heterocycles. The van der Waals surface area contributed by atoms with Crippen LogP contribution in [0.4, 0.5) is 0 Å². The standard InChI is InChI=1S/C15H21N3/c1-12(14-7-5-9-17-11-14)18-15-8-4-2-3-6-13(15)10-16/h5,7,9,11-13,15,18H,2-4,6,8H2,1H3. The van der Waals surface area contributed by atoms with Crippen molar-refractivity contribution in [1.29, 1.82) is 5.26 Å². The molecule has 0 saturated heterocycles. The van der Waals surface area contributed by atoms with Crippen molar-refractivity contribution in [2.45, 2.75) is 51.1 Å². The van der Waals surface area contributed by atoms with E-state index in [1.54, 1.807) is 6.20 Å². The van der Waals surface area contributed by atoms with E-state index in [0.717, 1.165) is 12.8 Å². The Labute approximate surface area is 109 Å². The lowest BCUT2D eigenvalue weighted by Gasteiger charge is -2.25. The first-order chi connectivity index (χ1) is 8.81. The molecule has 1 aliphatic rings. The number of aromatic nitrogens is 1. The van der Waals surface area contributed by atoms with Crippen LogP contribution >= 0.6 is 0 Å². The van der Waals surface area contributed by atoms with E-state index < -0.39 is 0 Å². The smallest absolute Gasteiger partial charge is 0.0672 e. The maximum absolute atomic E-state index is 9.27. The molecule has 3 heteroatoms. The molecule has 0 aliphatic heterocycles. The Kier molecular flexibility index (Phi) is 4.72. The molecule has 3 nitrogen and oxygen atoms in total. The van der Waals surface area contributed by atoms with E-state index >= 15 is 0 Å². The number of rotatable bonds is 3. The lowest BCUT2D eigenvalue weighted by molar-refractivity contribution is 0.361. The van der Waals surface area contributed by atoms with E-state index in [-0.39, 0.29) is 12.0 Å². The van der Waals surface area contributed by atoms with Crippen LogP contribution in [-0.2, 0) is 0 Å². The predicted octanol–water partition coefficient (Wildman–Crippen LogP) is 3.20. The van der Waals surface area contributed by atoms with E-state index in [0.29, 0.717) is 6.04 Å². The number of nitrogens with zero attached hydrogens (tertiary/aromatic N) is 2. The van der Waals surface area contributed by atoms with Crippen molar-refractivity contribution in [3.63, 3.8) is 0 Å². The largest absolute Gasteiger partial charge is 0.306 e. The fourth-order valence-corrected chi connectivity index (χ4v) is 2.71. The van der Waals surface area contributed by atoms with Gasteiger partial charge in [-0.05, 0) is 31.4 Å². The van der Waals surface area contributed by atoms with Gasteiger partial charge in [-0.1, -0.05) is 25.3 Å². The summed E-state index contributed by atoms with van der Waals surface area (Å²) in [6.45, 7) is 2.15. The van der Waals surface area contributed by atoms with Crippen molar-refractivity contribution >= 4 is 0 Å². The highest BCUT2D eigenvalue weighted by molar-refractivity contribution is 5.13. The fourth-order valence-electron chi connectivity index (χ4n) is 2.71. The Bertz CT molecular complexity index is 396. The molecular formula is C15H21N3. The highest BCUT2D eigenvalue weighted by Gasteiger charge is 2.24. The molecule has 1 saturated carbocycles. The van der Waals surface area contributed by atoms with Crippen LogP contribution < -0.4 is 5.32 Å². The molecule has 96 valence electrons. The zero-order chi connectivity index (χ0) is 12.8. The van der Waals surface area contributed by atoms with Gasteiger partial charge in [0.2, 0.25) is 0 Å². The van der Waals surface area contributed by atoms with E-state index in [1.165, 1.54) is 24.8 Å². The molecular weight excluding hydrogens is 222 g/mol. The van der Waals surface area contributed by atoms with Crippen molar-refractivity contribution in [2.75, 3.05) is 0 Å². The third-order valence-corrected chi connectivity index (χ3v) is 3.83. The molecule has 0 spiro atoms. The SMILES string of the molecule is CC(NC1CCCCCC1C#N)c1cccnc1. The van der Waals surface area contributed by atoms with Crippen LogP contribution in [0.25, 0.3) is 0 Å². The van der Waals surface area contributed by atoms with Crippen LogP contribution in [0.15, 0.2) is 24.5 Å². The molecule has 0 amide bonds. The Morgan fingerprint density at radius 2 is 2.22 bits per heavy atom. The van der Waals surface area contributed by atoms with Crippen molar-refractivity contribution in [2.24, 2.45) is 5.92 Å². The van der Waals surface area contributed by atoms with Gasteiger partial charge in [-0.3, -0.25) is 4.98 Å². The van der Waals surface area contributed by atoms with Gasteiger partial charge in [0.15, 0.2) is 0 Å². The van der Waals surface area contributed by atoms with Crippen molar-refractivity contribution in [1.82, 2.24) is 10.3 Å². The second-order valence-electron chi connectivity index (χ2n) is 5.15. The minimum Gasteiger partial charge on any atom is -0.306 e. The maximum atomic E-state index is 9.27. The van der Waals surface area contributed by atoms with Crippen molar-refractivity contribution in [3.8, 4) is 6.07 Å². The zero-order valence-electron chi connectivity index (χ0n) is 11.0. The molecule has 0 bridgehead atoms. The summed E-state index contributed by atoms with van der Waals surface area (Å²) in [5.41, 5.74) is 1.19. The molecule has 3 unspecified atom stereocenters. The molecule has 0 aromatic carbocycles. The molecule has 2 rings (SSSR count). The highest BCUT2D eigenvalue weighted by Crippen LogP contribution is 2.25. The maximum Gasteiger partial charge on any atom is 0.0672 e. The monoisotopic (exact) mass is 243 g/mol. The second kappa shape index (κ2) is 6.51. The number of pyridine rings is 1. The van der Waals surface area contributed by atoms with E-state index in [4.69, 9.17) is 0 Å². The van der Waals surface area contributed by atoms with Crippen molar-refractivity contribution in [3.05, 3.63) is 30.1 Å². The average Bonchev–Trinajstić information content (AvgIpc) is 2.64. The Morgan fingerprint density at radius 1 is 1.39 bits per heavy atom. The summed E-state index contributed by atoms with van der Waals surface area (Å²) in [5.74, 6) is 0.159. The van der Waals surface area contributed by atoms with Gasteiger partial charge in [0.05, 0.1) is 12.0 Å². The van der Waals surface area contributed by atoms with Crippen LogP contribution in [0.5, 0.6) is 0 Å². The van der Waals surface area contributed by atoms with E-state index in [1.807, 2.05) is 12.3 Å². The highest BCUT2D eigenvalue weighted by atomic mass is 15.0. The van der Waals surface area contributed by atoms with E-state index in [9.17, 15) is 5.26 Å². The van der Waals surface area contributed by atoms with Crippen LogP contribution in [0.2, 0.25) is 0 Å². The first kappa shape index (κ1) is 13.0. The summed E-state index contributed by atoms with van der Waals surface area (Å²) in [7, 11) is 0. The number of nitrogens with one attached hydrogen (secondary N) is 1. The second-order valence-corrected chi connectivity index (χ2v) is 5.15. The fraction of sp³-hybridized carbons (Fsp3) is 0.600. The molecule has 1 N–H and O–H groups in total. The summed E-state index contributed by atoms with van der Waals surface area (Å²) >= 11 is 0. The normalized spacial score (nSPS) is 26.0. The molecule has 1 fully saturated rings. The van der Waals surface area contributed by atoms with Crippen LogP contribution in [0.3, 0.4) is 0 Å². The van der Waals surface area contributed by atoms with Gasteiger partial charge in [0, 0.05) is 24.5 Å². The predicted molar refractivity (Wildman–Crippen MR) is 71.8 cm³/mol. The van der Waals surface area contributed by atoms with Crippen molar-refractivity contribution < 1.29 is 0 Å². The first-order valence-corrected chi connectivity index (χ1v) is 6.87. The third kappa shape index (κ3) is 3.30. The molecule has 1 aliphatic carbocycles. The molecule has 0 radical (unpaired) electrons. The summed E-state index contributed by atoms with van der Waals surface area (Å²) in [6, 6.07) is 7.11. The van der Waals surface area contributed by atoms with Gasteiger partial charge in [0.1, 0.15) is 0 Å². The van der Waals surface area contributed by atoms with Crippen LogP contribution in [0.1, 0.15) is 50.6 Å². The van der Waals surface area contributed by atoms with Gasteiger partial charge in [0.25, 0.3) is 0 Å². The van der Waals surface area contributed by atoms with Crippen LogP contribution in [0, 0.1) is 17.2 Å². The molecule has 1 heterocycles. The summed E-state index contributed by atoms with van der Waals surface area (Å²) in [4.78, 5) is 4.15. The minimum absolute atomic E-state index is 0.159. The molecule has 18 heavy (non-hydrogen) atoms. The summed E-state index contributed by atoms with van der Waals surface area (Å²) in [6.07, 6.45) is 9.53. The minimum atomic E-state index is 0.159. The first-order valence-electron chi connectivity index (χ1n) is 6.87. The molecule has 1 aromatic rings. The quantitative estimate of drug-likeness (QED) is 0.829. The van der Waals surface area contributed by atoms with Gasteiger partial charge in [-0.2, -0.15) is 5.26 Å². The lowest BCUT2D eigenvalue weighted by Crippen LogP contribution is -2.36. The average molecular weight is 243 g/mol. The topological polar surface area (TPSA) is 48.7 Å². The van der Waals surface area contributed by atoms with Crippen LogP contribution in [-0.4, -0.2) is 11.0 Å². The number of hydrogen-bond donors (Lipinski definition) is 1. The van der Waals surface area contributed by atoms with Gasteiger partial charge >= 0.3 is 0 Å².